The highest BCUT2D eigenvalue weighted by atomic mass is 15.2. The van der Waals surface area contributed by atoms with Gasteiger partial charge in [0.05, 0.1) is 23.3 Å². The topological polar surface area (TPSA) is 69.6 Å². The molecular weight excluding hydrogens is 288 g/mol. The summed E-state index contributed by atoms with van der Waals surface area (Å²) in [6.45, 7) is 3.61. The number of rotatable bonds is 4. The van der Waals surface area contributed by atoms with Crippen LogP contribution in [0.1, 0.15) is 25.1 Å². The Morgan fingerprint density at radius 1 is 1.26 bits per heavy atom. The van der Waals surface area contributed by atoms with Gasteiger partial charge in [-0.3, -0.25) is 4.90 Å². The minimum atomic E-state index is 0.328. The minimum absolute atomic E-state index is 0.328. The molecule has 0 spiro atoms. The second-order valence-corrected chi connectivity index (χ2v) is 6.35. The third-order valence-electron chi connectivity index (χ3n) is 4.99. The number of benzene rings is 1. The molecule has 1 aromatic heterocycles. The van der Waals surface area contributed by atoms with Crippen LogP contribution in [0.15, 0.2) is 28.4 Å². The maximum Gasteiger partial charge on any atom is 0.111 e. The van der Waals surface area contributed by atoms with Crippen LogP contribution in [0.5, 0.6) is 0 Å². The Hall–Kier alpha value is -2.08. The molecule has 0 saturated heterocycles. The molecule has 0 atom stereocenters. The maximum atomic E-state index is 6.97. The average Bonchev–Trinajstić information content (AvgIpc) is 2.73. The first-order chi connectivity index (χ1) is 11.3. The van der Waals surface area contributed by atoms with Gasteiger partial charge in [0.25, 0.3) is 0 Å². The molecule has 1 aliphatic heterocycles. The third-order valence-corrected chi connectivity index (χ3v) is 4.99. The van der Waals surface area contributed by atoms with Crippen LogP contribution in [-0.4, -0.2) is 46.3 Å². The molecule has 1 saturated carbocycles. The largest absolute Gasteiger partial charge is 0.327 e. The van der Waals surface area contributed by atoms with Crippen LogP contribution >= 0.6 is 0 Å². The molecule has 0 bridgehead atoms. The summed E-state index contributed by atoms with van der Waals surface area (Å²) in [7, 11) is 0. The molecule has 2 aliphatic rings. The van der Waals surface area contributed by atoms with Gasteiger partial charge in [0, 0.05) is 38.3 Å². The lowest BCUT2D eigenvalue weighted by Gasteiger charge is -2.36. The fourth-order valence-corrected chi connectivity index (χ4v) is 3.53. The van der Waals surface area contributed by atoms with Crippen molar-refractivity contribution in [3.8, 4) is 0 Å². The van der Waals surface area contributed by atoms with Crippen LogP contribution < -0.4 is 0 Å². The molecule has 23 heavy (non-hydrogen) atoms. The summed E-state index contributed by atoms with van der Waals surface area (Å²) in [6.07, 6.45) is 6.40. The first kappa shape index (κ1) is 14.5. The van der Waals surface area contributed by atoms with E-state index in [4.69, 9.17) is 10.4 Å². The highest BCUT2D eigenvalue weighted by molar-refractivity contribution is 5.79. The van der Waals surface area contributed by atoms with Crippen molar-refractivity contribution in [2.24, 2.45) is 10.2 Å². The Bertz CT molecular complexity index is 743. The van der Waals surface area contributed by atoms with Gasteiger partial charge in [-0.1, -0.05) is 6.42 Å². The van der Waals surface area contributed by atoms with Crippen molar-refractivity contribution in [2.45, 2.75) is 38.3 Å². The second kappa shape index (κ2) is 6.20. The number of nitrogens with one attached hydrogen (secondary N) is 1. The fraction of sp³-hybridized carbons (Fsp3) is 0.529. The van der Waals surface area contributed by atoms with Gasteiger partial charge in [-0.25, -0.2) is 4.98 Å². The van der Waals surface area contributed by atoms with Gasteiger partial charge < -0.3 is 9.98 Å². The van der Waals surface area contributed by atoms with Crippen LogP contribution in [0.3, 0.4) is 0 Å². The number of fused-ring (bicyclic) bond motifs is 3. The quantitative estimate of drug-likeness (QED) is 0.696. The lowest BCUT2D eigenvalue weighted by Crippen LogP contribution is -2.41. The van der Waals surface area contributed by atoms with Crippen LogP contribution in [0.2, 0.25) is 0 Å². The minimum Gasteiger partial charge on any atom is -0.327 e. The van der Waals surface area contributed by atoms with Crippen LogP contribution in [0.25, 0.3) is 11.0 Å². The smallest absolute Gasteiger partial charge is 0.111 e. The first-order valence-electron chi connectivity index (χ1n) is 8.45. The average molecular weight is 310 g/mol. The molecule has 0 unspecified atom stereocenters. The van der Waals surface area contributed by atoms with Crippen molar-refractivity contribution >= 4 is 22.9 Å². The number of imidazole rings is 1. The monoisotopic (exact) mass is 310 g/mol. The van der Waals surface area contributed by atoms with Crippen LogP contribution in [0, 0.1) is 5.41 Å². The number of hydrogen-bond donors (Lipinski definition) is 1. The van der Waals surface area contributed by atoms with E-state index < -0.39 is 0 Å². The van der Waals surface area contributed by atoms with E-state index in [1.807, 2.05) is 12.1 Å². The fourth-order valence-electron chi connectivity index (χ4n) is 3.53. The van der Waals surface area contributed by atoms with Crippen LogP contribution in [0.4, 0.5) is 5.69 Å². The van der Waals surface area contributed by atoms with E-state index in [1.165, 1.54) is 36.8 Å². The molecule has 6 heteroatoms. The Labute approximate surface area is 135 Å². The van der Waals surface area contributed by atoms with Gasteiger partial charge in [0.2, 0.25) is 0 Å². The summed E-state index contributed by atoms with van der Waals surface area (Å²) in [5.74, 6) is 1.19. The summed E-state index contributed by atoms with van der Waals surface area (Å²) >= 11 is 0. The number of nitrogens with zero attached hydrogens (tertiary/aromatic N) is 5. The summed E-state index contributed by atoms with van der Waals surface area (Å²) in [4.78, 5) is 7.47. The zero-order valence-electron chi connectivity index (χ0n) is 13.3. The Kier molecular flexibility index (Phi) is 3.91. The molecule has 1 aromatic carbocycles. The van der Waals surface area contributed by atoms with Gasteiger partial charge in [-0.2, -0.15) is 10.2 Å². The van der Waals surface area contributed by atoms with E-state index in [9.17, 15) is 0 Å². The lowest BCUT2D eigenvalue weighted by atomic mass is 9.91. The van der Waals surface area contributed by atoms with Gasteiger partial charge in [-0.05, 0) is 31.0 Å². The Morgan fingerprint density at radius 2 is 2.17 bits per heavy atom. The highest BCUT2D eigenvalue weighted by Crippen LogP contribution is 2.28. The molecule has 120 valence electrons. The van der Waals surface area contributed by atoms with Crippen molar-refractivity contribution in [1.29, 1.82) is 5.41 Å². The third kappa shape index (κ3) is 2.79. The molecule has 2 heterocycles. The molecule has 2 aromatic rings. The van der Waals surface area contributed by atoms with Gasteiger partial charge in [0.1, 0.15) is 5.82 Å². The zero-order valence-corrected chi connectivity index (χ0v) is 13.3. The standard InChI is InChI=1S/C17H22N6/c18-7-8-19-21-13-4-5-16-15(12-13)20-17-6-9-22(10-11-23(16)17)14-2-1-3-14/h4-5,7,12,14,18H,1-3,6,8-11H2. The molecule has 1 fully saturated rings. The normalized spacial score (nSPS) is 19.7. The predicted octanol–water partition coefficient (Wildman–Crippen LogP) is 3.18. The van der Waals surface area contributed by atoms with E-state index in [0.717, 1.165) is 43.3 Å². The van der Waals surface area contributed by atoms with Crippen molar-refractivity contribution in [2.75, 3.05) is 19.6 Å². The highest BCUT2D eigenvalue weighted by Gasteiger charge is 2.27. The molecule has 1 N–H and O–H groups in total. The predicted molar refractivity (Wildman–Crippen MR) is 90.8 cm³/mol. The van der Waals surface area contributed by atoms with Crippen LogP contribution in [-0.2, 0) is 13.0 Å². The zero-order chi connectivity index (χ0) is 15.6. The van der Waals surface area contributed by atoms with E-state index in [-0.39, 0.29) is 0 Å². The lowest BCUT2D eigenvalue weighted by molar-refractivity contribution is 0.130. The molecular formula is C17H22N6. The van der Waals surface area contributed by atoms with E-state index in [2.05, 4.69) is 25.8 Å². The van der Waals surface area contributed by atoms with E-state index in [0.29, 0.717) is 6.54 Å². The van der Waals surface area contributed by atoms with Gasteiger partial charge in [0.15, 0.2) is 0 Å². The SMILES string of the molecule is N=CCN=Nc1ccc2c(c1)nc1n2CCN(C2CCC2)CC1. The summed E-state index contributed by atoms with van der Waals surface area (Å²) in [6, 6.07) is 6.89. The second-order valence-electron chi connectivity index (χ2n) is 6.35. The molecule has 6 nitrogen and oxygen atoms in total. The van der Waals surface area contributed by atoms with E-state index >= 15 is 0 Å². The molecule has 4 rings (SSSR count). The molecule has 0 radical (unpaired) electrons. The summed E-state index contributed by atoms with van der Waals surface area (Å²) < 4.78 is 2.37. The van der Waals surface area contributed by atoms with Crippen molar-refractivity contribution in [3.05, 3.63) is 24.0 Å². The number of azo groups is 1. The Balaban J connectivity index is 1.57. The first-order valence-corrected chi connectivity index (χ1v) is 8.45. The maximum absolute atomic E-state index is 6.97. The van der Waals surface area contributed by atoms with Gasteiger partial charge in [-0.15, -0.1) is 0 Å². The summed E-state index contributed by atoms with van der Waals surface area (Å²) in [5, 5.41) is 15.1. The van der Waals surface area contributed by atoms with Gasteiger partial charge >= 0.3 is 0 Å². The van der Waals surface area contributed by atoms with E-state index in [1.54, 1.807) is 0 Å². The molecule has 1 aliphatic carbocycles. The van der Waals surface area contributed by atoms with Crippen molar-refractivity contribution in [3.63, 3.8) is 0 Å². The molecule has 0 amide bonds. The van der Waals surface area contributed by atoms with Crippen molar-refractivity contribution < 1.29 is 0 Å². The Morgan fingerprint density at radius 3 is 2.96 bits per heavy atom. The summed E-state index contributed by atoms with van der Waals surface area (Å²) in [5.41, 5.74) is 3.01. The number of hydrogen-bond acceptors (Lipinski definition) is 5. The number of aromatic nitrogens is 2. The van der Waals surface area contributed by atoms with Crippen molar-refractivity contribution in [1.82, 2.24) is 14.5 Å².